The lowest BCUT2D eigenvalue weighted by molar-refractivity contribution is -0.120. The number of benzene rings is 4. The van der Waals surface area contributed by atoms with Crippen LogP contribution in [0.3, 0.4) is 0 Å². The van der Waals surface area contributed by atoms with Gasteiger partial charge in [-0.05, 0) is 83.6 Å². The Morgan fingerprint density at radius 1 is 0.865 bits per heavy atom. The van der Waals surface area contributed by atoms with E-state index in [9.17, 15) is 24.4 Å². The number of aromatic nitrogens is 1. The molecule has 1 aliphatic rings. The van der Waals surface area contributed by atoms with Gasteiger partial charge in [0.15, 0.2) is 6.29 Å². The average molecular weight is 713 g/mol. The molecule has 1 aromatic heterocycles. The Morgan fingerprint density at radius 3 is 2.35 bits per heavy atom. The molecule has 4 aromatic carbocycles. The van der Waals surface area contributed by atoms with Crippen LogP contribution in [-0.2, 0) is 22.8 Å². The molecule has 0 saturated carbocycles. The first-order valence-electron chi connectivity index (χ1n) is 16.3. The summed E-state index contributed by atoms with van der Waals surface area (Å²) in [5.74, 6) is 0.345. The Morgan fingerprint density at radius 2 is 1.60 bits per heavy atom. The van der Waals surface area contributed by atoms with E-state index in [1.54, 1.807) is 37.5 Å². The van der Waals surface area contributed by atoms with E-state index in [2.05, 4.69) is 4.98 Å². The Balaban J connectivity index is 1.27. The number of nitrogens with zero attached hydrogens (tertiary/aromatic N) is 4. The number of hydrogen-bond donors (Lipinski definition) is 0. The van der Waals surface area contributed by atoms with E-state index in [0.717, 1.165) is 33.4 Å². The number of nitriles is 1. The van der Waals surface area contributed by atoms with Gasteiger partial charge in [0, 0.05) is 35.6 Å². The number of anilines is 1. The molecule has 0 saturated heterocycles. The number of fused-ring (bicyclic) bond motifs is 1. The normalized spacial score (nSPS) is 12.5. The molecular formula is C41H33ClN4O6. The van der Waals surface area contributed by atoms with Crippen LogP contribution in [0.4, 0.5) is 5.69 Å². The Labute approximate surface area is 305 Å². The zero-order chi connectivity index (χ0) is 36.9. The van der Waals surface area contributed by atoms with Crippen LogP contribution in [0.15, 0.2) is 85.2 Å². The Hall–Kier alpha value is -6.31. The summed E-state index contributed by atoms with van der Waals surface area (Å²) >= 11 is 6.57. The highest BCUT2D eigenvalue weighted by Gasteiger charge is 2.30. The van der Waals surface area contributed by atoms with E-state index < -0.39 is 0 Å². The molecule has 0 N–H and O–H groups in total. The van der Waals surface area contributed by atoms with E-state index >= 15 is 0 Å². The van der Waals surface area contributed by atoms with Crippen LogP contribution in [0.5, 0.6) is 11.5 Å². The van der Waals surface area contributed by atoms with Crippen molar-refractivity contribution >= 4 is 41.7 Å². The van der Waals surface area contributed by atoms with Gasteiger partial charge in [0.2, 0.25) is 5.91 Å². The predicted octanol–water partition coefficient (Wildman–Crippen LogP) is 7.15. The molecule has 2 amide bonds. The molecule has 0 aliphatic carbocycles. The summed E-state index contributed by atoms with van der Waals surface area (Å²) in [5.41, 5.74) is 8.23. The largest absolute Gasteiger partial charge is 0.489 e. The van der Waals surface area contributed by atoms with Gasteiger partial charge in [0.25, 0.3) is 5.91 Å². The molecule has 260 valence electrons. The van der Waals surface area contributed by atoms with Gasteiger partial charge in [0.05, 0.1) is 28.9 Å². The lowest BCUT2D eigenvalue weighted by Crippen LogP contribution is -2.38. The predicted molar refractivity (Wildman–Crippen MR) is 197 cm³/mol. The number of hydrogen-bond acceptors (Lipinski definition) is 8. The van der Waals surface area contributed by atoms with E-state index in [0.29, 0.717) is 57.0 Å². The number of carbonyl (C=O) groups is 4. The lowest BCUT2D eigenvalue weighted by Gasteiger charge is -2.20. The average Bonchev–Trinajstić information content (AvgIpc) is 3.24. The number of aldehydes is 2. The fraction of sp³-hybridized carbons (Fsp3) is 0.171. The summed E-state index contributed by atoms with van der Waals surface area (Å²) in [5, 5.41) is 9.53. The van der Waals surface area contributed by atoms with Gasteiger partial charge in [-0.2, -0.15) is 5.26 Å². The van der Waals surface area contributed by atoms with Crippen LogP contribution < -0.4 is 14.4 Å². The second-order valence-electron chi connectivity index (χ2n) is 12.3. The smallest absolute Gasteiger partial charge is 0.256 e. The highest BCUT2D eigenvalue weighted by atomic mass is 35.5. The molecule has 0 atom stereocenters. The maximum absolute atomic E-state index is 13.3. The number of pyridine rings is 1. The summed E-state index contributed by atoms with van der Waals surface area (Å²) in [7, 11) is 1.57. The third kappa shape index (κ3) is 7.13. The number of carbonyl (C=O) groups excluding carboxylic acids is 4. The van der Waals surface area contributed by atoms with Gasteiger partial charge in [-0.15, -0.1) is 0 Å². The standard InChI is InChI=1S/C41H33ClN4O6/c1-25-32(29-10-11-37-35(15-29)41(50)45(3)21-40(49)46(37)12-13-47)6-4-7-33(25)34-8-5-9-38(26(34)2)52-24-31-17-39(30(22-48)16-36(31)42)51-23-28-14-27(18-43)19-44-20-28/h4-11,13-17,19-20,22H,12,21,23-24H2,1-3H3. The van der Waals surface area contributed by atoms with Gasteiger partial charge in [-0.1, -0.05) is 48.0 Å². The van der Waals surface area contributed by atoms with Crippen LogP contribution in [0.25, 0.3) is 22.3 Å². The molecule has 0 fully saturated rings. The summed E-state index contributed by atoms with van der Waals surface area (Å²) in [4.78, 5) is 56.1. The molecular weight excluding hydrogens is 680 g/mol. The van der Waals surface area contributed by atoms with Crippen LogP contribution in [0, 0.1) is 25.2 Å². The van der Waals surface area contributed by atoms with Crippen molar-refractivity contribution in [2.24, 2.45) is 0 Å². The summed E-state index contributed by atoms with van der Waals surface area (Å²) in [6.45, 7) is 3.93. The van der Waals surface area contributed by atoms with E-state index in [1.165, 1.54) is 22.1 Å². The monoisotopic (exact) mass is 712 g/mol. The fourth-order valence-electron chi connectivity index (χ4n) is 6.27. The second kappa shape index (κ2) is 15.3. The van der Waals surface area contributed by atoms with Gasteiger partial charge in [-0.3, -0.25) is 19.4 Å². The molecule has 0 spiro atoms. The van der Waals surface area contributed by atoms with Crippen molar-refractivity contribution in [3.63, 3.8) is 0 Å². The van der Waals surface area contributed by atoms with Crippen molar-refractivity contribution < 1.29 is 28.7 Å². The van der Waals surface area contributed by atoms with Crippen molar-refractivity contribution in [3.05, 3.63) is 129 Å². The van der Waals surface area contributed by atoms with E-state index in [1.807, 2.05) is 62.4 Å². The Kier molecular flexibility index (Phi) is 10.4. The van der Waals surface area contributed by atoms with Crippen molar-refractivity contribution in [2.75, 3.05) is 25.0 Å². The van der Waals surface area contributed by atoms with Crippen LogP contribution in [0.2, 0.25) is 5.02 Å². The van der Waals surface area contributed by atoms with Crippen LogP contribution >= 0.6 is 11.6 Å². The lowest BCUT2D eigenvalue weighted by atomic mass is 9.90. The maximum atomic E-state index is 13.3. The number of rotatable bonds is 11. The summed E-state index contributed by atoms with van der Waals surface area (Å²) < 4.78 is 12.2. The molecule has 5 aromatic rings. The minimum Gasteiger partial charge on any atom is -0.489 e. The second-order valence-corrected chi connectivity index (χ2v) is 12.7. The van der Waals surface area contributed by atoms with Gasteiger partial charge >= 0.3 is 0 Å². The van der Waals surface area contributed by atoms with E-state index in [-0.39, 0.29) is 43.7 Å². The number of ether oxygens (including phenoxy) is 2. The van der Waals surface area contributed by atoms with E-state index in [4.69, 9.17) is 21.1 Å². The molecule has 10 nitrogen and oxygen atoms in total. The zero-order valence-electron chi connectivity index (χ0n) is 28.7. The topological polar surface area (TPSA) is 130 Å². The molecule has 0 unspecified atom stereocenters. The first kappa shape index (κ1) is 35.5. The number of amides is 2. The fourth-order valence-corrected chi connectivity index (χ4v) is 6.50. The highest BCUT2D eigenvalue weighted by Crippen LogP contribution is 2.38. The van der Waals surface area contributed by atoms with Gasteiger partial charge in [0.1, 0.15) is 43.6 Å². The third-order valence-corrected chi connectivity index (χ3v) is 9.37. The SMILES string of the molecule is Cc1c(OCc2cc(OCc3cncc(C#N)c3)c(C=O)cc2Cl)cccc1-c1cccc(-c2ccc3c(c2)C(=O)N(C)CC(=O)N3CC=O)c1C. The first-order valence-corrected chi connectivity index (χ1v) is 16.7. The summed E-state index contributed by atoms with van der Waals surface area (Å²) in [6, 6.07) is 24.1. The van der Waals surface area contributed by atoms with Crippen molar-refractivity contribution in [3.8, 4) is 39.8 Å². The number of likely N-dealkylation sites (N-methyl/N-ethyl adjacent to an activating group) is 1. The molecule has 0 radical (unpaired) electrons. The quantitative estimate of drug-likeness (QED) is 0.132. The molecule has 6 rings (SSSR count). The van der Waals surface area contributed by atoms with Gasteiger partial charge in [-0.25, -0.2) is 0 Å². The third-order valence-electron chi connectivity index (χ3n) is 9.02. The maximum Gasteiger partial charge on any atom is 0.256 e. The van der Waals surface area contributed by atoms with Crippen molar-refractivity contribution in [1.29, 1.82) is 5.26 Å². The number of halogens is 1. The van der Waals surface area contributed by atoms with Crippen molar-refractivity contribution in [2.45, 2.75) is 27.1 Å². The van der Waals surface area contributed by atoms with Gasteiger partial charge < -0.3 is 24.1 Å². The molecule has 1 aliphatic heterocycles. The highest BCUT2D eigenvalue weighted by molar-refractivity contribution is 6.31. The first-order chi connectivity index (χ1) is 25.1. The van der Waals surface area contributed by atoms with Crippen LogP contribution in [0.1, 0.15) is 48.5 Å². The molecule has 11 heteroatoms. The van der Waals surface area contributed by atoms with Crippen LogP contribution in [-0.4, -0.2) is 54.4 Å². The molecule has 52 heavy (non-hydrogen) atoms. The minimum absolute atomic E-state index is 0.0992. The molecule has 2 heterocycles. The zero-order valence-corrected chi connectivity index (χ0v) is 29.4. The molecule has 0 bridgehead atoms. The van der Waals surface area contributed by atoms with Crippen molar-refractivity contribution in [1.82, 2.24) is 9.88 Å². The minimum atomic E-state index is -0.323. The Bertz CT molecular complexity index is 2280. The summed E-state index contributed by atoms with van der Waals surface area (Å²) in [6.07, 6.45) is 4.38.